The standard InChI is InChI=1S/C17H18BrN3O2/c1-17(2)14(11-7-5-4-6-8-11)20-15(21-23-17)13-10-9-12(18)16(19-13)22-3/h4-10,14H,1-3H3,(H,20,21). The van der Waals surface area contributed by atoms with Gasteiger partial charge < -0.3 is 4.74 Å². The molecule has 0 saturated carbocycles. The number of hydrogen-bond acceptors (Lipinski definition) is 5. The van der Waals surface area contributed by atoms with Gasteiger partial charge in [-0.2, -0.15) is 0 Å². The number of aromatic nitrogens is 1. The molecule has 23 heavy (non-hydrogen) atoms. The molecule has 1 aliphatic heterocycles. The second-order valence-electron chi connectivity index (χ2n) is 5.79. The van der Waals surface area contributed by atoms with Crippen molar-refractivity contribution in [1.82, 2.24) is 10.5 Å². The van der Waals surface area contributed by atoms with Gasteiger partial charge in [-0.15, -0.1) is 0 Å². The lowest BCUT2D eigenvalue weighted by atomic mass is 9.92. The van der Waals surface area contributed by atoms with Gasteiger partial charge in [0.15, 0.2) is 5.84 Å². The molecule has 1 aromatic heterocycles. The van der Waals surface area contributed by atoms with E-state index in [1.165, 1.54) is 0 Å². The number of hydroxylamine groups is 1. The Labute approximate surface area is 143 Å². The van der Waals surface area contributed by atoms with Crippen molar-refractivity contribution in [2.75, 3.05) is 7.11 Å². The smallest absolute Gasteiger partial charge is 0.228 e. The Balaban J connectivity index is 2.02. The summed E-state index contributed by atoms with van der Waals surface area (Å²) in [5.41, 5.74) is 4.21. The molecule has 0 amide bonds. The predicted octanol–water partition coefficient (Wildman–Crippen LogP) is 3.65. The van der Waals surface area contributed by atoms with Crippen LogP contribution in [0.2, 0.25) is 0 Å². The quantitative estimate of drug-likeness (QED) is 0.889. The lowest BCUT2D eigenvalue weighted by Crippen LogP contribution is -2.45. The summed E-state index contributed by atoms with van der Waals surface area (Å²) < 4.78 is 6.04. The van der Waals surface area contributed by atoms with Crippen LogP contribution in [0.25, 0.3) is 0 Å². The lowest BCUT2D eigenvalue weighted by molar-refractivity contribution is -0.0822. The van der Waals surface area contributed by atoms with Gasteiger partial charge in [-0.25, -0.2) is 10.5 Å². The number of benzene rings is 1. The SMILES string of the molecule is COc1nc(C2=NC(c3ccccc3)C(C)(C)ON2)ccc1Br. The van der Waals surface area contributed by atoms with Crippen LogP contribution in [0, 0.1) is 0 Å². The first-order valence-corrected chi connectivity index (χ1v) is 8.08. The highest BCUT2D eigenvalue weighted by molar-refractivity contribution is 9.10. The third kappa shape index (κ3) is 3.23. The van der Waals surface area contributed by atoms with Gasteiger partial charge in [0.1, 0.15) is 17.3 Å². The second-order valence-corrected chi connectivity index (χ2v) is 6.64. The average Bonchev–Trinajstić information content (AvgIpc) is 2.56. The fraction of sp³-hybridized carbons (Fsp3) is 0.294. The summed E-state index contributed by atoms with van der Waals surface area (Å²) in [6.45, 7) is 4.01. The van der Waals surface area contributed by atoms with Crippen molar-refractivity contribution in [2.45, 2.75) is 25.5 Å². The molecule has 1 atom stereocenters. The predicted molar refractivity (Wildman–Crippen MR) is 92.5 cm³/mol. The van der Waals surface area contributed by atoms with E-state index in [2.05, 4.69) is 38.5 Å². The van der Waals surface area contributed by atoms with Gasteiger partial charge in [-0.05, 0) is 47.5 Å². The maximum Gasteiger partial charge on any atom is 0.228 e. The van der Waals surface area contributed by atoms with Crippen LogP contribution in [-0.4, -0.2) is 23.5 Å². The Kier molecular flexibility index (Phi) is 4.37. The maximum absolute atomic E-state index is 5.83. The molecule has 5 nitrogen and oxygen atoms in total. The van der Waals surface area contributed by atoms with Crippen LogP contribution in [0.4, 0.5) is 0 Å². The summed E-state index contributed by atoms with van der Waals surface area (Å²) in [4.78, 5) is 15.1. The topological polar surface area (TPSA) is 55.7 Å². The molecule has 0 saturated heterocycles. The van der Waals surface area contributed by atoms with Crippen LogP contribution in [0.3, 0.4) is 0 Å². The normalized spacial score (nSPS) is 19.7. The molecule has 2 aromatic rings. The zero-order chi connectivity index (χ0) is 16.4. The van der Waals surface area contributed by atoms with Crippen LogP contribution >= 0.6 is 15.9 Å². The van der Waals surface area contributed by atoms with E-state index in [0.717, 1.165) is 10.0 Å². The van der Waals surface area contributed by atoms with Crippen LogP contribution in [0.15, 0.2) is 51.9 Å². The summed E-state index contributed by atoms with van der Waals surface area (Å²) in [5.74, 6) is 1.09. The monoisotopic (exact) mass is 375 g/mol. The molecular weight excluding hydrogens is 358 g/mol. The second kappa shape index (κ2) is 6.29. The summed E-state index contributed by atoms with van der Waals surface area (Å²) >= 11 is 3.40. The number of nitrogens with one attached hydrogen (secondary N) is 1. The van der Waals surface area contributed by atoms with Crippen LogP contribution in [-0.2, 0) is 4.84 Å². The van der Waals surface area contributed by atoms with Crippen molar-refractivity contribution in [1.29, 1.82) is 0 Å². The van der Waals surface area contributed by atoms with E-state index in [1.807, 2.05) is 44.2 Å². The molecule has 2 heterocycles. The molecule has 1 aromatic carbocycles. The van der Waals surface area contributed by atoms with Gasteiger partial charge in [0, 0.05) is 0 Å². The molecule has 0 radical (unpaired) electrons. The number of hydrogen-bond donors (Lipinski definition) is 1. The molecular formula is C17H18BrN3O2. The third-order valence-corrected chi connectivity index (χ3v) is 4.30. The highest BCUT2D eigenvalue weighted by Gasteiger charge is 2.36. The van der Waals surface area contributed by atoms with Crippen molar-refractivity contribution < 1.29 is 9.57 Å². The number of aliphatic imine (C=N–C) groups is 1. The maximum atomic E-state index is 5.83. The van der Waals surface area contributed by atoms with E-state index in [-0.39, 0.29) is 6.04 Å². The highest BCUT2D eigenvalue weighted by Crippen LogP contribution is 2.35. The first-order valence-electron chi connectivity index (χ1n) is 7.29. The number of rotatable bonds is 3. The van der Waals surface area contributed by atoms with Crippen molar-refractivity contribution in [3.63, 3.8) is 0 Å². The zero-order valence-electron chi connectivity index (χ0n) is 13.2. The van der Waals surface area contributed by atoms with Gasteiger partial charge in [0.2, 0.25) is 5.88 Å². The molecule has 1 N–H and O–H groups in total. The summed E-state index contributed by atoms with van der Waals surface area (Å²) in [7, 11) is 1.58. The average molecular weight is 376 g/mol. The van der Waals surface area contributed by atoms with Crippen LogP contribution < -0.4 is 10.2 Å². The largest absolute Gasteiger partial charge is 0.480 e. The van der Waals surface area contributed by atoms with Gasteiger partial charge >= 0.3 is 0 Å². The number of ether oxygens (including phenoxy) is 1. The number of methoxy groups -OCH3 is 1. The Morgan fingerprint density at radius 2 is 1.91 bits per heavy atom. The molecule has 0 aliphatic carbocycles. The van der Waals surface area contributed by atoms with Gasteiger partial charge in [-0.3, -0.25) is 9.83 Å². The first-order chi connectivity index (χ1) is 11.0. The Hall–Kier alpha value is -1.92. The molecule has 120 valence electrons. The zero-order valence-corrected chi connectivity index (χ0v) is 14.8. The fourth-order valence-corrected chi connectivity index (χ4v) is 2.86. The molecule has 1 unspecified atom stereocenters. The van der Waals surface area contributed by atoms with E-state index in [4.69, 9.17) is 14.6 Å². The van der Waals surface area contributed by atoms with E-state index >= 15 is 0 Å². The lowest BCUT2D eigenvalue weighted by Gasteiger charge is -2.36. The van der Waals surface area contributed by atoms with Crippen molar-refractivity contribution in [3.05, 3.63) is 58.2 Å². The van der Waals surface area contributed by atoms with Crippen molar-refractivity contribution in [2.24, 2.45) is 4.99 Å². The molecule has 0 bridgehead atoms. The number of halogens is 1. The van der Waals surface area contributed by atoms with E-state index in [1.54, 1.807) is 7.11 Å². The first kappa shape index (κ1) is 16.0. The Morgan fingerprint density at radius 3 is 2.61 bits per heavy atom. The summed E-state index contributed by atoms with van der Waals surface area (Å²) in [5, 5.41) is 0. The number of amidine groups is 1. The molecule has 3 rings (SSSR count). The minimum absolute atomic E-state index is 0.128. The molecule has 0 fully saturated rings. The minimum Gasteiger partial charge on any atom is -0.480 e. The van der Waals surface area contributed by atoms with Crippen molar-refractivity contribution in [3.8, 4) is 5.88 Å². The van der Waals surface area contributed by atoms with E-state index in [0.29, 0.717) is 17.4 Å². The third-order valence-electron chi connectivity index (χ3n) is 3.69. The van der Waals surface area contributed by atoms with E-state index < -0.39 is 5.60 Å². The number of pyridine rings is 1. The van der Waals surface area contributed by atoms with Gasteiger partial charge in [-0.1, -0.05) is 30.3 Å². The van der Waals surface area contributed by atoms with E-state index in [9.17, 15) is 0 Å². The van der Waals surface area contributed by atoms with Crippen LogP contribution in [0.1, 0.15) is 31.1 Å². The number of nitrogens with zero attached hydrogens (tertiary/aromatic N) is 2. The Morgan fingerprint density at radius 1 is 1.17 bits per heavy atom. The molecule has 0 spiro atoms. The molecule has 6 heteroatoms. The summed E-state index contributed by atoms with van der Waals surface area (Å²) in [6.07, 6.45) is 0. The van der Waals surface area contributed by atoms with Crippen LogP contribution in [0.5, 0.6) is 5.88 Å². The highest BCUT2D eigenvalue weighted by atomic mass is 79.9. The fourth-order valence-electron chi connectivity index (χ4n) is 2.47. The molecule has 1 aliphatic rings. The minimum atomic E-state index is -0.468. The van der Waals surface area contributed by atoms with Crippen molar-refractivity contribution >= 4 is 21.8 Å². The van der Waals surface area contributed by atoms with Gasteiger partial charge in [0.05, 0.1) is 11.6 Å². The van der Waals surface area contributed by atoms with Gasteiger partial charge in [0.25, 0.3) is 0 Å². The summed E-state index contributed by atoms with van der Waals surface area (Å²) in [6, 6.07) is 13.7. The Bertz CT molecular complexity index is 732.